The Morgan fingerprint density at radius 3 is 2.61 bits per heavy atom. The van der Waals surface area contributed by atoms with Crippen LogP contribution >= 0.6 is 15.9 Å². The standard InChI is InChI=1S/C14H22BrN3/c1-4-18(9-11-6-5-7-11)13-8-12(15)16-14(17-13)10(2)3/h8,10-11H,4-7,9H2,1-3H3. The zero-order chi connectivity index (χ0) is 13.1. The van der Waals surface area contributed by atoms with E-state index in [4.69, 9.17) is 4.98 Å². The maximum Gasteiger partial charge on any atom is 0.134 e. The number of nitrogens with zero attached hydrogens (tertiary/aromatic N) is 3. The first-order valence-corrected chi connectivity index (χ1v) is 7.69. The van der Waals surface area contributed by atoms with Crippen LogP contribution in [-0.4, -0.2) is 23.1 Å². The van der Waals surface area contributed by atoms with Crippen LogP contribution in [0.4, 0.5) is 5.82 Å². The molecule has 0 aliphatic heterocycles. The first-order chi connectivity index (χ1) is 8.60. The molecular weight excluding hydrogens is 290 g/mol. The van der Waals surface area contributed by atoms with Gasteiger partial charge in [-0.3, -0.25) is 0 Å². The van der Waals surface area contributed by atoms with Gasteiger partial charge in [-0.1, -0.05) is 20.3 Å². The van der Waals surface area contributed by atoms with Crippen molar-refractivity contribution in [1.29, 1.82) is 0 Å². The average molecular weight is 312 g/mol. The molecule has 4 heteroatoms. The van der Waals surface area contributed by atoms with Crippen molar-refractivity contribution in [1.82, 2.24) is 9.97 Å². The number of hydrogen-bond acceptors (Lipinski definition) is 3. The number of anilines is 1. The third-order valence-corrected chi connectivity index (χ3v) is 4.03. The van der Waals surface area contributed by atoms with Gasteiger partial charge in [0.05, 0.1) is 0 Å². The summed E-state index contributed by atoms with van der Waals surface area (Å²) in [6.45, 7) is 8.61. The molecule has 1 aromatic rings. The van der Waals surface area contributed by atoms with Crippen molar-refractivity contribution in [2.75, 3.05) is 18.0 Å². The van der Waals surface area contributed by atoms with Crippen LogP contribution in [0.1, 0.15) is 51.8 Å². The number of aromatic nitrogens is 2. The lowest BCUT2D eigenvalue weighted by molar-refractivity contribution is 0.318. The summed E-state index contributed by atoms with van der Waals surface area (Å²) in [7, 11) is 0. The number of hydrogen-bond donors (Lipinski definition) is 0. The molecular formula is C14H22BrN3. The Labute approximate surface area is 118 Å². The lowest BCUT2D eigenvalue weighted by Gasteiger charge is -2.32. The van der Waals surface area contributed by atoms with Crippen LogP contribution in [0.25, 0.3) is 0 Å². The molecule has 18 heavy (non-hydrogen) atoms. The fourth-order valence-corrected chi connectivity index (χ4v) is 2.60. The van der Waals surface area contributed by atoms with Crippen molar-refractivity contribution < 1.29 is 0 Å². The highest BCUT2D eigenvalue weighted by Crippen LogP contribution is 2.29. The smallest absolute Gasteiger partial charge is 0.134 e. The lowest BCUT2D eigenvalue weighted by Crippen LogP contribution is -2.33. The summed E-state index contributed by atoms with van der Waals surface area (Å²) in [5, 5.41) is 0. The first-order valence-electron chi connectivity index (χ1n) is 6.89. The Kier molecular flexibility index (Phi) is 4.60. The lowest BCUT2D eigenvalue weighted by atomic mass is 9.85. The molecule has 1 fully saturated rings. The molecule has 1 heterocycles. The molecule has 0 N–H and O–H groups in total. The van der Waals surface area contributed by atoms with Gasteiger partial charge in [0.15, 0.2) is 0 Å². The van der Waals surface area contributed by atoms with Crippen molar-refractivity contribution in [3.8, 4) is 0 Å². The molecule has 3 nitrogen and oxygen atoms in total. The summed E-state index contributed by atoms with van der Waals surface area (Å²) in [5.74, 6) is 3.21. The van der Waals surface area contributed by atoms with Gasteiger partial charge in [0.1, 0.15) is 16.2 Å². The Morgan fingerprint density at radius 2 is 2.11 bits per heavy atom. The van der Waals surface area contributed by atoms with Gasteiger partial charge in [0, 0.05) is 25.1 Å². The van der Waals surface area contributed by atoms with Crippen molar-refractivity contribution in [3.63, 3.8) is 0 Å². The normalized spacial score (nSPS) is 15.8. The summed E-state index contributed by atoms with van der Waals surface area (Å²) in [5.41, 5.74) is 0. The second-order valence-electron chi connectivity index (χ2n) is 5.40. The molecule has 0 unspecified atom stereocenters. The van der Waals surface area contributed by atoms with Gasteiger partial charge in [0.25, 0.3) is 0 Å². The molecule has 1 aliphatic rings. The first kappa shape index (κ1) is 13.8. The number of halogens is 1. The van der Waals surface area contributed by atoms with E-state index in [1.807, 2.05) is 6.07 Å². The van der Waals surface area contributed by atoms with Crippen LogP contribution in [0, 0.1) is 5.92 Å². The van der Waals surface area contributed by atoms with E-state index >= 15 is 0 Å². The van der Waals surface area contributed by atoms with Crippen LogP contribution in [-0.2, 0) is 0 Å². The molecule has 0 saturated heterocycles. The zero-order valence-electron chi connectivity index (χ0n) is 11.5. The van der Waals surface area contributed by atoms with Crippen LogP contribution < -0.4 is 4.90 Å². The van der Waals surface area contributed by atoms with Crippen LogP contribution in [0.15, 0.2) is 10.7 Å². The maximum atomic E-state index is 4.70. The SMILES string of the molecule is CCN(CC1CCC1)c1cc(Br)nc(C(C)C)n1. The van der Waals surface area contributed by atoms with Gasteiger partial charge >= 0.3 is 0 Å². The minimum atomic E-state index is 0.364. The van der Waals surface area contributed by atoms with E-state index in [2.05, 4.69) is 46.6 Å². The van der Waals surface area contributed by atoms with E-state index in [9.17, 15) is 0 Å². The van der Waals surface area contributed by atoms with E-state index in [1.165, 1.54) is 19.3 Å². The zero-order valence-corrected chi connectivity index (χ0v) is 13.1. The minimum Gasteiger partial charge on any atom is -0.356 e. The Hall–Kier alpha value is -0.640. The van der Waals surface area contributed by atoms with Gasteiger partial charge in [-0.25, -0.2) is 9.97 Å². The molecule has 1 saturated carbocycles. The molecule has 0 bridgehead atoms. The average Bonchev–Trinajstić information content (AvgIpc) is 2.27. The second-order valence-corrected chi connectivity index (χ2v) is 6.21. The Balaban J connectivity index is 2.17. The molecule has 0 atom stereocenters. The predicted molar refractivity (Wildman–Crippen MR) is 79.0 cm³/mol. The topological polar surface area (TPSA) is 29.0 Å². The van der Waals surface area contributed by atoms with Crippen LogP contribution in [0.3, 0.4) is 0 Å². The molecule has 0 radical (unpaired) electrons. The quantitative estimate of drug-likeness (QED) is 0.770. The van der Waals surface area contributed by atoms with Gasteiger partial charge in [-0.2, -0.15) is 0 Å². The molecule has 1 aromatic heterocycles. The summed E-state index contributed by atoms with van der Waals surface area (Å²) in [6.07, 6.45) is 4.15. The van der Waals surface area contributed by atoms with E-state index < -0.39 is 0 Å². The summed E-state index contributed by atoms with van der Waals surface area (Å²) in [6, 6.07) is 2.04. The largest absolute Gasteiger partial charge is 0.356 e. The van der Waals surface area contributed by atoms with Crippen molar-refractivity contribution in [3.05, 3.63) is 16.5 Å². The monoisotopic (exact) mass is 311 g/mol. The fourth-order valence-electron chi connectivity index (χ4n) is 2.21. The van der Waals surface area contributed by atoms with E-state index in [0.717, 1.165) is 35.3 Å². The molecule has 100 valence electrons. The predicted octanol–water partition coefficient (Wildman–Crippen LogP) is 3.99. The highest BCUT2D eigenvalue weighted by Gasteiger charge is 2.21. The number of rotatable bonds is 5. The summed E-state index contributed by atoms with van der Waals surface area (Å²) >= 11 is 3.50. The van der Waals surface area contributed by atoms with Gasteiger partial charge < -0.3 is 4.90 Å². The highest BCUT2D eigenvalue weighted by atomic mass is 79.9. The molecule has 1 aliphatic carbocycles. The van der Waals surface area contributed by atoms with E-state index in [1.54, 1.807) is 0 Å². The minimum absolute atomic E-state index is 0.364. The summed E-state index contributed by atoms with van der Waals surface area (Å²) < 4.78 is 0.892. The van der Waals surface area contributed by atoms with Crippen molar-refractivity contribution in [2.45, 2.75) is 46.0 Å². The highest BCUT2D eigenvalue weighted by molar-refractivity contribution is 9.10. The second kappa shape index (κ2) is 6.00. The van der Waals surface area contributed by atoms with Gasteiger partial charge in [0.2, 0.25) is 0 Å². The Bertz CT molecular complexity index is 402. The van der Waals surface area contributed by atoms with E-state index in [0.29, 0.717) is 5.92 Å². The summed E-state index contributed by atoms with van der Waals surface area (Å²) in [4.78, 5) is 11.5. The molecule has 0 aromatic carbocycles. The van der Waals surface area contributed by atoms with Gasteiger partial charge in [-0.15, -0.1) is 0 Å². The fraction of sp³-hybridized carbons (Fsp3) is 0.714. The third-order valence-electron chi connectivity index (χ3n) is 3.62. The van der Waals surface area contributed by atoms with Crippen molar-refractivity contribution in [2.24, 2.45) is 5.92 Å². The van der Waals surface area contributed by atoms with Crippen LogP contribution in [0.2, 0.25) is 0 Å². The van der Waals surface area contributed by atoms with Gasteiger partial charge in [-0.05, 0) is 41.6 Å². The molecule has 0 spiro atoms. The molecule has 2 rings (SSSR count). The molecule has 0 amide bonds. The van der Waals surface area contributed by atoms with E-state index in [-0.39, 0.29) is 0 Å². The van der Waals surface area contributed by atoms with Crippen LogP contribution in [0.5, 0.6) is 0 Å². The maximum absolute atomic E-state index is 4.70. The third kappa shape index (κ3) is 3.22. The Morgan fingerprint density at radius 1 is 1.39 bits per heavy atom. The van der Waals surface area contributed by atoms with Crippen molar-refractivity contribution >= 4 is 21.7 Å².